The second-order valence-electron chi connectivity index (χ2n) is 12.8. The highest BCUT2D eigenvalue weighted by molar-refractivity contribution is 5.76. The molecule has 3 N–H and O–H groups in total. The molecule has 1 amide bonds. The van der Waals surface area contributed by atoms with Gasteiger partial charge in [0.1, 0.15) is 0 Å². The molecule has 11 heteroatoms. The maximum atomic E-state index is 12.4. The van der Waals surface area contributed by atoms with Crippen molar-refractivity contribution in [2.45, 2.75) is 63.8 Å². The monoisotopic (exact) mass is 679 g/mol. The number of carbonyl (C=O) groups excluding carboxylic acids is 1. The fourth-order valence-electron chi connectivity index (χ4n) is 6.53. The van der Waals surface area contributed by atoms with Gasteiger partial charge in [-0.05, 0) is 46.7 Å². The van der Waals surface area contributed by atoms with Crippen LogP contribution in [0.5, 0.6) is 0 Å². The third-order valence-corrected chi connectivity index (χ3v) is 9.32. The van der Waals surface area contributed by atoms with Crippen molar-refractivity contribution < 1.29 is 29.3 Å². The molecule has 11 nitrogen and oxygen atoms in total. The number of carboxylic acid groups (broad SMARTS) is 1. The minimum absolute atomic E-state index is 0.00336. The van der Waals surface area contributed by atoms with Crippen LogP contribution in [0.2, 0.25) is 0 Å². The lowest BCUT2D eigenvalue weighted by Gasteiger charge is -2.40. The summed E-state index contributed by atoms with van der Waals surface area (Å²) in [5.41, 5.74) is 5.88. The summed E-state index contributed by atoms with van der Waals surface area (Å²) in [4.78, 5) is 36.6. The van der Waals surface area contributed by atoms with Crippen LogP contribution in [0, 0.1) is 0 Å². The molecule has 6 rings (SSSR count). The molecule has 3 heterocycles. The lowest BCUT2D eigenvalue weighted by Crippen LogP contribution is -2.50. The number of carbonyl (C=O) groups is 2. The van der Waals surface area contributed by atoms with Crippen LogP contribution < -0.4 is 10.2 Å². The fraction of sp³-hybridized carbons (Fsp3) is 0.385. The number of ether oxygens (including phenoxy) is 2. The highest BCUT2D eigenvalue weighted by atomic mass is 16.7. The summed E-state index contributed by atoms with van der Waals surface area (Å²) >= 11 is 0. The van der Waals surface area contributed by atoms with E-state index >= 15 is 0 Å². The molecule has 0 saturated carbocycles. The van der Waals surface area contributed by atoms with E-state index in [1.807, 2.05) is 66.7 Å². The van der Waals surface area contributed by atoms with Gasteiger partial charge in [-0.2, -0.15) is 0 Å². The van der Waals surface area contributed by atoms with Gasteiger partial charge in [-0.15, -0.1) is 0 Å². The van der Waals surface area contributed by atoms with Gasteiger partial charge in [0.15, 0.2) is 6.29 Å². The molecule has 4 aromatic rings. The molecule has 2 fully saturated rings. The predicted molar refractivity (Wildman–Crippen MR) is 189 cm³/mol. The number of hydrogen-bond donors (Lipinski definition) is 3. The fourth-order valence-corrected chi connectivity index (χ4v) is 6.53. The number of hydrogen-bond acceptors (Lipinski definition) is 9. The van der Waals surface area contributed by atoms with E-state index in [-0.39, 0.29) is 31.1 Å². The van der Waals surface area contributed by atoms with E-state index in [0.717, 1.165) is 72.1 Å². The molecule has 2 aliphatic heterocycles. The number of aliphatic carboxylic acids is 1. The van der Waals surface area contributed by atoms with Crippen LogP contribution in [-0.4, -0.2) is 75.8 Å². The Bertz CT molecular complexity index is 1680. The standard InChI is InChI=1S/C39H45N5O6/c45-27-28-10-12-30(13-11-28)35-24-33(26-43-20-22-44(23-21-43)39-40-18-5-19-41-39)49-38(50-35)31-16-14-29(15-17-31)34-7-2-1-6-32(34)25-42-36(46)8-3-4-9-37(47)48/h1-2,5-7,10-19,33,35,38,45H,3-4,8-9,20-27H2,(H,42,46)(H,47,48)/t33-,35+,38+/m1/s1. The summed E-state index contributed by atoms with van der Waals surface area (Å²) in [6, 6.07) is 26.0. The second-order valence-corrected chi connectivity index (χ2v) is 12.8. The third kappa shape index (κ3) is 9.51. The normalized spacial score (nSPS) is 19.6. The maximum absolute atomic E-state index is 12.4. The first-order chi connectivity index (χ1) is 24.4. The molecular weight excluding hydrogens is 634 g/mol. The van der Waals surface area contributed by atoms with Crippen LogP contribution in [0.1, 0.15) is 66.8 Å². The molecule has 2 saturated heterocycles. The van der Waals surface area contributed by atoms with E-state index in [0.29, 0.717) is 32.2 Å². The zero-order chi connectivity index (χ0) is 34.7. The number of piperazine rings is 1. The van der Waals surface area contributed by atoms with E-state index in [1.54, 1.807) is 12.4 Å². The lowest BCUT2D eigenvalue weighted by molar-refractivity contribution is -0.253. The Balaban J connectivity index is 1.12. The van der Waals surface area contributed by atoms with Gasteiger partial charge in [0.2, 0.25) is 11.9 Å². The summed E-state index contributed by atoms with van der Waals surface area (Å²) in [5.74, 6) is -0.166. The SMILES string of the molecule is O=C(O)CCCCC(=O)NCc1ccccc1-c1ccc([C@H]2O[C@@H](CN3CCN(c4ncccn4)CC3)C[C@@H](c3ccc(CO)cc3)O2)cc1. The Morgan fingerprint density at radius 2 is 1.52 bits per heavy atom. The van der Waals surface area contributed by atoms with Gasteiger partial charge >= 0.3 is 5.97 Å². The molecule has 0 unspecified atom stereocenters. The molecule has 0 radical (unpaired) electrons. The lowest BCUT2D eigenvalue weighted by atomic mass is 9.97. The molecule has 2 aliphatic rings. The van der Waals surface area contributed by atoms with E-state index in [9.17, 15) is 14.7 Å². The summed E-state index contributed by atoms with van der Waals surface area (Å²) in [5, 5.41) is 21.4. The first kappa shape index (κ1) is 35.2. The van der Waals surface area contributed by atoms with Gasteiger partial charge < -0.3 is 29.9 Å². The van der Waals surface area contributed by atoms with Crippen LogP contribution in [0.4, 0.5) is 5.95 Å². The minimum Gasteiger partial charge on any atom is -0.481 e. The molecule has 3 atom stereocenters. The molecule has 0 spiro atoms. The van der Waals surface area contributed by atoms with Crippen LogP contribution >= 0.6 is 0 Å². The molecule has 0 bridgehead atoms. The van der Waals surface area contributed by atoms with Crippen LogP contribution in [-0.2, 0) is 32.2 Å². The summed E-state index contributed by atoms with van der Waals surface area (Å²) in [6.45, 7) is 4.64. The van der Waals surface area contributed by atoms with Crippen LogP contribution in [0.15, 0.2) is 91.3 Å². The largest absolute Gasteiger partial charge is 0.481 e. The average molecular weight is 680 g/mol. The van der Waals surface area contributed by atoms with Gasteiger partial charge in [0.05, 0.1) is 18.8 Å². The number of benzene rings is 3. The van der Waals surface area contributed by atoms with E-state index in [2.05, 4.69) is 37.2 Å². The molecule has 3 aromatic carbocycles. The zero-order valence-corrected chi connectivity index (χ0v) is 28.2. The number of rotatable bonds is 14. The summed E-state index contributed by atoms with van der Waals surface area (Å²) in [6.07, 6.45) is 4.90. The Labute approximate surface area is 292 Å². The Hall–Kier alpha value is -4.68. The summed E-state index contributed by atoms with van der Waals surface area (Å²) in [7, 11) is 0. The van der Waals surface area contributed by atoms with Crippen molar-refractivity contribution in [3.63, 3.8) is 0 Å². The van der Waals surface area contributed by atoms with E-state index in [4.69, 9.17) is 14.6 Å². The van der Waals surface area contributed by atoms with Crippen molar-refractivity contribution in [2.24, 2.45) is 0 Å². The summed E-state index contributed by atoms with van der Waals surface area (Å²) < 4.78 is 13.3. The third-order valence-electron chi connectivity index (χ3n) is 9.32. The number of nitrogens with one attached hydrogen (secondary N) is 1. The zero-order valence-electron chi connectivity index (χ0n) is 28.2. The van der Waals surface area contributed by atoms with Crippen molar-refractivity contribution in [1.29, 1.82) is 0 Å². The highest BCUT2D eigenvalue weighted by Crippen LogP contribution is 2.39. The maximum Gasteiger partial charge on any atom is 0.303 e. The van der Waals surface area contributed by atoms with E-state index in [1.165, 1.54) is 0 Å². The average Bonchev–Trinajstić information content (AvgIpc) is 3.16. The number of aromatic nitrogens is 2. The number of amides is 1. The first-order valence-corrected chi connectivity index (χ1v) is 17.4. The Morgan fingerprint density at radius 1 is 0.820 bits per heavy atom. The molecule has 1 aromatic heterocycles. The minimum atomic E-state index is -0.843. The topological polar surface area (TPSA) is 137 Å². The Kier molecular flexibility index (Phi) is 12.2. The van der Waals surface area contributed by atoms with Gasteiger partial charge in [-0.1, -0.05) is 72.8 Å². The van der Waals surface area contributed by atoms with E-state index < -0.39 is 12.3 Å². The van der Waals surface area contributed by atoms with Gasteiger partial charge in [0.25, 0.3) is 0 Å². The molecule has 50 heavy (non-hydrogen) atoms. The number of aliphatic hydroxyl groups is 1. The number of aliphatic hydroxyl groups excluding tert-OH is 1. The smallest absolute Gasteiger partial charge is 0.303 e. The second kappa shape index (κ2) is 17.3. The number of nitrogens with zero attached hydrogens (tertiary/aromatic N) is 4. The number of anilines is 1. The molecule has 0 aliphatic carbocycles. The number of unbranched alkanes of at least 4 members (excludes halogenated alkanes) is 1. The van der Waals surface area contributed by atoms with Crippen molar-refractivity contribution in [3.05, 3.63) is 114 Å². The van der Waals surface area contributed by atoms with Crippen LogP contribution in [0.3, 0.4) is 0 Å². The molecular formula is C39H45N5O6. The van der Waals surface area contributed by atoms with Crippen molar-refractivity contribution in [3.8, 4) is 11.1 Å². The van der Waals surface area contributed by atoms with Gasteiger partial charge in [-0.3, -0.25) is 14.5 Å². The predicted octanol–water partition coefficient (Wildman–Crippen LogP) is 5.26. The van der Waals surface area contributed by atoms with Crippen LogP contribution in [0.25, 0.3) is 11.1 Å². The van der Waals surface area contributed by atoms with Gasteiger partial charge in [-0.25, -0.2) is 9.97 Å². The molecule has 262 valence electrons. The van der Waals surface area contributed by atoms with Gasteiger partial charge in [0, 0.05) is 76.5 Å². The number of carboxylic acids is 1. The van der Waals surface area contributed by atoms with Crippen molar-refractivity contribution >= 4 is 17.8 Å². The first-order valence-electron chi connectivity index (χ1n) is 17.4. The van der Waals surface area contributed by atoms with Crippen molar-refractivity contribution in [2.75, 3.05) is 37.6 Å². The van der Waals surface area contributed by atoms with Crippen molar-refractivity contribution in [1.82, 2.24) is 20.2 Å². The quantitative estimate of drug-likeness (QED) is 0.151. The highest BCUT2D eigenvalue weighted by Gasteiger charge is 2.34. The Morgan fingerprint density at radius 3 is 2.24 bits per heavy atom.